The Bertz CT molecular complexity index is 1270. The minimum absolute atomic E-state index is 0.0344. The van der Waals surface area contributed by atoms with E-state index in [4.69, 9.17) is 15.2 Å². The Morgan fingerprint density at radius 2 is 1.66 bits per heavy atom. The molecule has 10 nitrogen and oxygen atoms in total. The lowest BCUT2D eigenvalue weighted by Crippen LogP contribution is -2.53. The molecule has 3 aliphatic rings. The number of hydrogen-bond acceptors (Lipinski definition) is 10. The highest BCUT2D eigenvalue weighted by Gasteiger charge is 2.48. The van der Waals surface area contributed by atoms with Crippen molar-refractivity contribution in [3.05, 3.63) is 57.6 Å². The van der Waals surface area contributed by atoms with Gasteiger partial charge in [-0.3, -0.25) is 14.4 Å². The highest BCUT2D eigenvalue weighted by Crippen LogP contribution is 2.51. The van der Waals surface area contributed by atoms with Gasteiger partial charge < -0.3 is 35.6 Å². The smallest absolute Gasteiger partial charge is 0.198 e. The second-order valence-electron chi connectivity index (χ2n) is 9.39. The summed E-state index contributed by atoms with van der Waals surface area (Å²) in [6, 6.07) is 6.10. The number of aliphatic hydroxyl groups is 2. The Kier molecular flexibility index (Phi) is 5.53. The summed E-state index contributed by atoms with van der Waals surface area (Å²) in [5, 5.41) is 42.3. The van der Waals surface area contributed by atoms with E-state index in [9.17, 15) is 34.8 Å². The number of benzene rings is 2. The molecule has 1 heterocycles. The lowest BCUT2D eigenvalue weighted by molar-refractivity contribution is -0.238. The lowest BCUT2D eigenvalue weighted by Gasteiger charge is -2.41. The van der Waals surface area contributed by atoms with Crippen LogP contribution in [0.2, 0.25) is 0 Å². The van der Waals surface area contributed by atoms with Gasteiger partial charge in [-0.2, -0.15) is 0 Å². The van der Waals surface area contributed by atoms with Gasteiger partial charge in [-0.05, 0) is 6.92 Å². The van der Waals surface area contributed by atoms with Crippen molar-refractivity contribution < 1.29 is 44.3 Å². The number of carbonyl (C=O) groups excluding carboxylic acids is 3. The van der Waals surface area contributed by atoms with Gasteiger partial charge >= 0.3 is 0 Å². The standard InChI is InChI=1S/C25H25NO9/c1-10(27)25(26)7-13-18(16(8-25)35-17-6-14(28)15(29)9-34-17)24(33)20-19(23(13)32)21(30)11-4-2-3-5-12(11)22(20)31/h2-5,14-17,28-29,32-33H,6-9,26H2,1H3/t14-,15-,16?,17+,25+/m0/s1/i10+1,11+1,12+1. The molecule has 6 N–H and O–H groups in total. The molecule has 184 valence electrons. The van der Waals surface area contributed by atoms with Crippen molar-refractivity contribution in [2.75, 3.05) is 6.61 Å². The maximum absolute atomic E-state index is 13.3. The van der Waals surface area contributed by atoms with Gasteiger partial charge in [-0.25, -0.2) is 0 Å². The molecule has 0 spiro atoms. The van der Waals surface area contributed by atoms with Gasteiger partial charge in [0.1, 0.15) is 23.4 Å². The third-order valence-electron chi connectivity index (χ3n) is 7.17. The van der Waals surface area contributed by atoms with Gasteiger partial charge in [0, 0.05) is 41.5 Å². The molecule has 1 aliphatic heterocycles. The molecular formula is C25H25NO9. The quantitative estimate of drug-likeness (QED) is 0.261. The van der Waals surface area contributed by atoms with Crippen LogP contribution in [0, 0.1) is 0 Å². The number of rotatable bonds is 3. The number of nitrogens with two attached hydrogens (primary N) is 1. The number of aliphatic hydroxyl groups excluding tert-OH is 2. The van der Waals surface area contributed by atoms with Crippen molar-refractivity contribution in [1.82, 2.24) is 0 Å². The highest BCUT2D eigenvalue weighted by molar-refractivity contribution is 6.30. The third-order valence-corrected chi connectivity index (χ3v) is 7.17. The Morgan fingerprint density at radius 3 is 2.23 bits per heavy atom. The molecule has 0 bridgehead atoms. The van der Waals surface area contributed by atoms with E-state index in [1.165, 1.54) is 19.1 Å². The van der Waals surface area contributed by atoms with Crippen molar-refractivity contribution in [2.24, 2.45) is 5.73 Å². The minimum atomic E-state index is -1.50. The van der Waals surface area contributed by atoms with Gasteiger partial charge in [0.05, 0.1) is 35.5 Å². The van der Waals surface area contributed by atoms with Crippen LogP contribution in [0.1, 0.15) is 68.8 Å². The molecule has 2 aliphatic carbocycles. The first-order chi connectivity index (χ1) is 16.5. The van der Waals surface area contributed by atoms with E-state index in [1.54, 1.807) is 12.1 Å². The molecule has 10 heteroatoms. The summed E-state index contributed by atoms with van der Waals surface area (Å²) in [4.78, 5) is 39.0. The van der Waals surface area contributed by atoms with Crippen molar-refractivity contribution in [3.63, 3.8) is 0 Å². The molecule has 5 rings (SSSR count). The zero-order valence-corrected chi connectivity index (χ0v) is 18.9. The molecule has 1 saturated heterocycles. The number of ketones is 3. The zero-order chi connectivity index (χ0) is 25.2. The fourth-order valence-electron chi connectivity index (χ4n) is 5.13. The first-order valence-electron chi connectivity index (χ1n) is 11.3. The SMILES string of the molecule is C[13C](=O)[C@@]1(N)Cc2c(O)c3c(c(O)c2C(O[C@@H]2C[C@H](O)[C@@H](O)CO2)C1)C(=O)[13c]1cccc[13c]1C3=O. The fraction of sp³-hybridized carbons (Fsp3) is 0.400. The monoisotopic (exact) mass is 486 g/mol. The molecule has 0 saturated carbocycles. The Morgan fingerprint density at radius 1 is 1.06 bits per heavy atom. The summed E-state index contributed by atoms with van der Waals surface area (Å²) >= 11 is 0. The molecule has 5 atom stereocenters. The maximum Gasteiger partial charge on any atom is 0.198 e. The topological polar surface area (TPSA) is 177 Å². The van der Waals surface area contributed by atoms with E-state index in [0.717, 1.165) is 0 Å². The van der Waals surface area contributed by atoms with Crippen LogP contribution in [-0.4, -0.2) is 68.4 Å². The predicted octanol–water partition coefficient (Wildman–Crippen LogP) is 0.632. The van der Waals surface area contributed by atoms with Crippen molar-refractivity contribution >= 4 is 17.3 Å². The number of ether oxygens (including phenoxy) is 2. The average molecular weight is 486 g/mol. The Labute approximate surface area is 199 Å². The Balaban J connectivity index is 1.67. The molecule has 1 fully saturated rings. The van der Waals surface area contributed by atoms with Crippen LogP contribution in [0.4, 0.5) is 0 Å². The zero-order valence-electron chi connectivity index (χ0n) is 18.9. The van der Waals surface area contributed by atoms with Gasteiger partial charge in [-0.1, -0.05) is 24.3 Å². The summed E-state index contributed by atoms with van der Waals surface area (Å²) < 4.78 is 11.4. The van der Waals surface area contributed by atoms with E-state index in [2.05, 4.69) is 0 Å². The van der Waals surface area contributed by atoms with Crippen LogP contribution in [0.15, 0.2) is 24.3 Å². The van der Waals surface area contributed by atoms with Gasteiger partial charge in [-0.15, -0.1) is 0 Å². The number of aromatic hydroxyl groups is 2. The number of fused-ring (bicyclic) bond motifs is 3. The summed E-state index contributed by atoms with van der Waals surface area (Å²) in [6.45, 7) is 1.09. The largest absolute Gasteiger partial charge is 0.507 e. The van der Waals surface area contributed by atoms with E-state index < -0.39 is 59.0 Å². The minimum Gasteiger partial charge on any atom is -0.507 e. The highest BCUT2D eigenvalue weighted by atomic mass is 16.7. The number of phenols is 2. The molecule has 0 amide bonds. The summed E-state index contributed by atoms with van der Waals surface area (Å²) in [6.07, 6.45) is -4.74. The van der Waals surface area contributed by atoms with Crippen LogP contribution >= 0.6 is 0 Å². The fourth-order valence-corrected chi connectivity index (χ4v) is 5.13. The van der Waals surface area contributed by atoms with Crippen molar-refractivity contribution in [2.45, 2.75) is 56.3 Å². The second-order valence-corrected chi connectivity index (χ2v) is 9.39. The van der Waals surface area contributed by atoms with E-state index in [-0.39, 0.29) is 59.3 Å². The number of hydrogen-bond donors (Lipinski definition) is 5. The molecular weight excluding hydrogens is 461 g/mol. The summed E-state index contributed by atoms with van der Waals surface area (Å²) in [5.41, 5.74) is 4.47. The number of phenolic OH excluding ortho intramolecular Hbond substituents is 2. The molecule has 0 radical (unpaired) electrons. The number of Topliss-reactive ketones (excluding diaryl/α,β-unsaturated/α-hetero) is 1. The van der Waals surface area contributed by atoms with Crippen molar-refractivity contribution in [3.8, 4) is 11.5 Å². The van der Waals surface area contributed by atoms with Crippen LogP contribution in [0.3, 0.4) is 0 Å². The lowest BCUT2D eigenvalue weighted by atomic mass is 9.76. The molecule has 1 unspecified atom stereocenters. The predicted molar refractivity (Wildman–Crippen MR) is 119 cm³/mol. The number of carbonyl (C=O) groups is 3. The second kappa shape index (κ2) is 8.21. The van der Waals surface area contributed by atoms with Crippen LogP contribution < -0.4 is 5.73 Å². The molecule has 2 aromatic carbocycles. The normalized spacial score (nSPS) is 29.8. The summed E-state index contributed by atoms with van der Waals surface area (Å²) in [5.74, 6) is -2.74. The Hall–Kier alpha value is -3.15. The third kappa shape index (κ3) is 3.57. The first-order valence-corrected chi connectivity index (χ1v) is 11.3. The van der Waals surface area contributed by atoms with E-state index in [1.807, 2.05) is 0 Å². The van der Waals surface area contributed by atoms with Crippen LogP contribution in [0.25, 0.3) is 0 Å². The van der Waals surface area contributed by atoms with Gasteiger partial charge in [0.25, 0.3) is 0 Å². The van der Waals surface area contributed by atoms with Crippen molar-refractivity contribution in [1.29, 1.82) is 0 Å². The molecule has 0 aromatic heterocycles. The average Bonchev–Trinajstić information content (AvgIpc) is 2.82. The summed E-state index contributed by atoms with van der Waals surface area (Å²) in [7, 11) is 0. The van der Waals surface area contributed by atoms with Gasteiger partial charge in [0.15, 0.2) is 17.9 Å². The van der Waals surface area contributed by atoms with Gasteiger partial charge in [0.2, 0.25) is 0 Å². The molecule has 2 aromatic rings. The van der Waals surface area contributed by atoms with Crippen LogP contribution in [-0.2, 0) is 20.7 Å². The van der Waals surface area contributed by atoms with E-state index in [0.29, 0.717) is 0 Å². The maximum atomic E-state index is 13.3. The molecule has 35 heavy (non-hydrogen) atoms. The first kappa shape index (κ1) is 23.6. The van der Waals surface area contributed by atoms with E-state index >= 15 is 0 Å². The van der Waals surface area contributed by atoms with Crippen LogP contribution in [0.5, 0.6) is 11.5 Å².